The van der Waals surface area contributed by atoms with E-state index in [1.165, 1.54) is 29.3 Å². The van der Waals surface area contributed by atoms with Crippen molar-refractivity contribution in [2.24, 2.45) is 5.92 Å². The molecule has 1 aliphatic heterocycles. The van der Waals surface area contributed by atoms with Crippen molar-refractivity contribution < 1.29 is 17.9 Å². The average Bonchev–Trinajstić information content (AvgIpc) is 3.21. The summed E-state index contributed by atoms with van der Waals surface area (Å²) >= 11 is 5.85. The standard InChI is InChI=1S/C20H29ClN2O4S/c21-17-8-10-19(11-9-17)28(25,26)23-13-3-5-16(15-23)20(24)22-12-4-14-27-18-6-1-2-7-18/h8-11,16,18H,1-7,12-15H2,(H,22,24)/t16-/m1/s1. The lowest BCUT2D eigenvalue weighted by atomic mass is 9.99. The van der Waals surface area contributed by atoms with Crippen LogP contribution < -0.4 is 5.32 Å². The highest BCUT2D eigenvalue weighted by Gasteiger charge is 2.33. The Kier molecular flexibility index (Phi) is 7.74. The summed E-state index contributed by atoms with van der Waals surface area (Å²) in [5, 5.41) is 3.43. The van der Waals surface area contributed by atoms with Gasteiger partial charge in [0.15, 0.2) is 0 Å². The van der Waals surface area contributed by atoms with E-state index in [1.807, 2.05) is 0 Å². The maximum Gasteiger partial charge on any atom is 0.243 e. The van der Waals surface area contributed by atoms with Crippen molar-refractivity contribution in [1.29, 1.82) is 0 Å². The summed E-state index contributed by atoms with van der Waals surface area (Å²) in [5.41, 5.74) is 0. The Morgan fingerprint density at radius 2 is 1.86 bits per heavy atom. The summed E-state index contributed by atoms with van der Waals surface area (Å²) in [7, 11) is -3.61. The van der Waals surface area contributed by atoms with E-state index < -0.39 is 10.0 Å². The molecule has 1 N–H and O–H groups in total. The number of piperidine rings is 1. The van der Waals surface area contributed by atoms with Crippen molar-refractivity contribution in [2.45, 2.75) is 55.9 Å². The molecular weight excluding hydrogens is 400 g/mol. The number of carbonyl (C=O) groups excluding carboxylic acids is 1. The highest BCUT2D eigenvalue weighted by atomic mass is 35.5. The summed E-state index contributed by atoms with van der Waals surface area (Å²) in [5.74, 6) is -0.386. The molecule has 1 heterocycles. The molecule has 2 aliphatic rings. The lowest BCUT2D eigenvalue weighted by Gasteiger charge is -2.31. The highest BCUT2D eigenvalue weighted by Crippen LogP contribution is 2.25. The fourth-order valence-electron chi connectivity index (χ4n) is 3.86. The Morgan fingerprint density at radius 3 is 2.57 bits per heavy atom. The molecule has 156 valence electrons. The van der Waals surface area contributed by atoms with Crippen molar-refractivity contribution in [3.05, 3.63) is 29.3 Å². The average molecular weight is 429 g/mol. The second-order valence-electron chi connectivity index (χ2n) is 7.58. The molecule has 0 spiro atoms. The molecule has 1 saturated heterocycles. The molecule has 8 heteroatoms. The maximum atomic E-state index is 12.8. The number of hydrogen-bond donors (Lipinski definition) is 1. The summed E-state index contributed by atoms with van der Waals surface area (Å²) in [6.45, 7) is 1.87. The van der Waals surface area contributed by atoms with Crippen LogP contribution in [0.15, 0.2) is 29.2 Å². The quantitative estimate of drug-likeness (QED) is 0.645. The minimum atomic E-state index is -3.61. The molecule has 1 aliphatic carbocycles. The zero-order valence-corrected chi connectivity index (χ0v) is 17.7. The third kappa shape index (κ3) is 5.69. The first-order valence-corrected chi connectivity index (χ1v) is 11.9. The van der Waals surface area contributed by atoms with Gasteiger partial charge in [0, 0.05) is 31.3 Å². The van der Waals surface area contributed by atoms with Crippen LogP contribution in [0.1, 0.15) is 44.9 Å². The maximum absolute atomic E-state index is 12.8. The van der Waals surface area contributed by atoms with E-state index in [1.54, 1.807) is 12.1 Å². The lowest BCUT2D eigenvalue weighted by Crippen LogP contribution is -2.45. The molecule has 0 radical (unpaired) electrons. The Bertz CT molecular complexity index is 748. The summed E-state index contributed by atoms with van der Waals surface area (Å²) < 4.78 is 32.9. The van der Waals surface area contributed by atoms with Gasteiger partial charge in [-0.05, 0) is 56.4 Å². The van der Waals surface area contributed by atoms with Gasteiger partial charge in [-0.25, -0.2) is 8.42 Å². The van der Waals surface area contributed by atoms with Gasteiger partial charge < -0.3 is 10.1 Å². The molecule has 1 saturated carbocycles. The summed E-state index contributed by atoms with van der Waals surface area (Å²) in [6, 6.07) is 6.14. The number of nitrogens with one attached hydrogen (secondary N) is 1. The van der Waals surface area contributed by atoms with Crippen LogP contribution in [0.2, 0.25) is 5.02 Å². The van der Waals surface area contributed by atoms with Gasteiger partial charge >= 0.3 is 0 Å². The monoisotopic (exact) mass is 428 g/mol. The zero-order valence-electron chi connectivity index (χ0n) is 16.1. The van der Waals surface area contributed by atoms with Crippen molar-refractivity contribution in [1.82, 2.24) is 9.62 Å². The van der Waals surface area contributed by atoms with Crippen LogP contribution in [0.4, 0.5) is 0 Å². The second-order valence-corrected chi connectivity index (χ2v) is 9.95. The summed E-state index contributed by atoms with van der Waals surface area (Å²) in [4.78, 5) is 12.7. The first kappa shape index (κ1) is 21.6. The third-order valence-corrected chi connectivity index (χ3v) is 7.61. The third-order valence-electron chi connectivity index (χ3n) is 5.48. The van der Waals surface area contributed by atoms with Gasteiger partial charge in [0.25, 0.3) is 0 Å². The highest BCUT2D eigenvalue weighted by molar-refractivity contribution is 7.89. The van der Waals surface area contributed by atoms with Crippen LogP contribution in [0.3, 0.4) is 0 Å². The molecule has 0 bridgehead atoms. The van der Waals surface area contributed by atoms with Gasteiger partial charge in [0.1, 0.15) is 0 Å². The first-order chi connectivity index (χ1) is 13.5. The molecule has 6 nitrogen and oxygen atoms in total. The van der Waals surface area contributed by atoms with Crippen LogP contribution in [0.25, 0.3) is 0 Å². The molecule has 1 aromatic rings. The number of ether oxygens (including phenoxy) is 1. The van der Waals surface area contributed by atoms with Crippen LogP contribution in [0.5, 0.6) is 0 Å². The minimum absolute atomic E-state index is 0.0723. The Labute approximate surface area is 172 Å². The minimum Gasteiger partial charge on any atom is -0.378 e. The predicted molar refractivity (Wildman–Crippen MR) is 109 cm³/mol. The normalized spacial score (nSPS) is 21.7. The fraction of sp³-hybridized carbons (Fsp3) is 0.650. The number of hydrogen-bond acceptors (Lipinski definition) is 4. The van der Waals surface area contributed by atoms with Crippen LogP contribution in [-0.2, 0) is 19.6 Å². The first-order valence-electron chi connectivity index (χ1n) is 10.1. The molecule has 1 aromatic carbocycles. The Hall–Kier alpha value is -1.15. The van der Waals surface area contributed by atoms with E-state index in [0.29, 0.717) is 43.7 Å². The summed E-state index contributed by atoms with van der Waals surface area (Å²) in [6.07, 6.45) is 7.34. The second kappa shape index (κ2) is 10.1. The van der Waals surface area contributed by atoms with Gasteiger partial charge in [0.05, 0.1) is 16.9 Å². The number of carbonyl (C=O) groups is 1. The number of nitrogens with zero attached hydrogens (tertiary/aromatic N) is 1. The topological polar surface area (TPSA) is 75.7 Å². The van der Waals surface area contributed by atoms with Gasteiger partial charge in [-0.15, -0.1) is 0 Å². The van der Waals surface area contributed by atoms with Crippen molar-refractivity contribution in [2.75, 3.05) is 26.2 Å². The molecule has 2 fully saturated rings. The fourth-order valence-corrected chi connectivity index (χ4v) is 5.51. The largest absolute Gasteiger partial charge is 0.378 e. The van der Waals surface area contributed by atoms with Crippen LogP contribution >= 0.6 is 11.6 Å². The number of amides is 1. The molecule has 28 heavy (non-hydrogen) atoms. The van der Waals surface area contributed by atoms with Crippen LogP contribution in [-0.4, -0.2) is 51.0 Å². The van der Waals surface area contributed by atoms with E-state index in [0.717, 1.165) is 19.3 Å². The predicted octanol–water partition coefficient (Wildman–Crippen LogP) is 3.21. The van der Waals surface area contributed by atoms with Crippen molar-refractivity contribution in [3.63, 3.8) is 0 Å². The number of rotatable bonds is 8. The van der Waals surface area contributed by atoms with Crippen LogP contribution in [0, 0.1) is 5.92 Å². The Morgan fingerprint density at radius 1 is 1.14 bits per heavy atom. The molecule has 3 rings (SSSR count). The Balaban J connectivity index is 1.45. The van der Waals surface area contributed by atoms with Gasteiger partial charge in [-0.2, -0.15) is 4.31 Å². The zero-order chi connectivity index (χ0) is 20.0. The molecule has 1 amide bonds. The van der Waals surface area contributed by atoms with Gasteiger partial charge in [0.2, 0.25) is 15.9 Å². The van der Waals surface area contributed by atoms with Crippen molar-refractivity contribution in [3.8, 4) is 0 Å². The lowest BCUT2D eigenvalue weighted by molar-refractivity contribution is -0.126. The van der Waals surface area contributed by atoms with E-state index in [4.69, 9.17) is 16.3 Å². The molecule has 0 unspecified atom stereocenters. The molecule has 1 atom stereocenters. The van der Waals surface area contributed by atoms with Gasteiger partial charge in [-0.1, -0.05) is 24.4 Å². The van der Waals surface area contributed by atoms with E-state index in [2.05, 4.69) is 5.32 Å². The molecule has 0 aromatic heterocycles. The van der Waals surface area contributed by atoms with E-state index in [-0.39, 0.29) is 23.3 Å². The SMILES string of the molecule is O=C(NCCCOC1CCCC1)[C@@H]1CCCN(S(=O)(=O)c2ccc(Cl)cc2)C1. The van der Waals surface area contributed by atoms with Crippen molar-refractivity contribution >= 4 is 27.5 Å². The number of sulfonamides is 1. The molecular formula is C20H29ClN2O4S. The number of halogens is 1. The smallest absolute Gasteiger partial charge is 0.243 e. The van der Waals surface area contributed by atoms with E-state index >= 15 is 0 Å². The number of benzene rings is 1. The van der Waals surface area contributed by atoms with Gasteiger partial charge in [-0.3, -0.25) is 4.79 Å². The van der Waals surface area contributed by atoms with E-state index in [9.17, 15) is 13.2 Å².